The van der Waals surface area contributed by atoms with Crippen molar-refractivity contribution in [2.45, 2.75) is 25.8 Å². The summed E-state index contributed by atoms with van der Waals surface area (Å²) >= 11 is 0. The summed E-state index contributed by atoms with van der Waals surface area (Å²) in [5.41, 5.74) is 5.15. The minimum atomic E-state index is 0.173. The van der Waals surface area contributed by atoms with Gasteiger partial charge in [0, 0.05) is 34.8 Å². The second kappa shape index (κ2) is 7.04. The first-order valence-corrected chi connectivity index (χ1v) is 9.32. The van der Waals surface area contributed by atoms with Gasteiger partial charge in [-0.3, -0.25) is 4.90 Å². The summed E-state index contributed by atoms with van der Waals surface area (Å²) in [5, 5.41) is 1.34. The maximum atomic E-state index is 5.74. The summed E-state index contributed by atoms with van der Waals surface area (Å²) in [6.07, 6.45) is 2.21. The van der Waals surface area contributed by atoms with Crippen LogP contribution in [0.1, 0.15) is 36.2 Å². The topological polar surface area (TPSA) is 37.5 Å². The number of nitrogens with one attached hydrogen (secondary N) is 1. The summed E-state index contributed by atoms with van der Waals surface area (Å²) in [7, 11) is 3.42. The minimum Gasteiger partial charge on any atom is -0.497 e. The van der Waals surface area contributed by atoms with Crippen molar-refractivity contribution in [2.75, 3.05) is 27.3 Å². The Hall–Kier alpha value is -2.46. The monoisotopic (exact) mass is 350 g/mol. The molecule has 1 aromatic heterocycles. The predicted octanol–water partition coefficient (Wildman–Crippen LogP) is 4.54. The molecular weight excluding hydrogens is 324 g/mol. The number of benzene rings is 2. The molecule has 1 unspecified atom stereocenters. The zero-order valence-electron chi connectivity index (χ0n) is 15.7. The average Bonchev–Trinajstić information content (AvgIpc) is 3.06. The van der Waals surface area contributed by atoms with E-state index in [0.29, 0.717) is 0 Å². The number of hydrogen-bond acceptors (Lipinski definition) is 3. The molecule has 1 N–H and O–H groups in total. The Balaban J connectivity index is 1.89. The number of aromatic amines is 1. The molecule has 0 amide bonds. The van der Waals surface area contributed by atoms with Gasteiger partial charge in [0.25, 0.3) is 0 Å². The molecule has 1 aliphatic rings. The second-order valence-corrected chi connectivity index (χ2v) is 6.86. The maximum absolute atomic E-state index is 5.74. The Kier molecular flexibility index (Phi) is 4.60. The van der Waals surface area contributed by atoms with Gasteiger partial charge >= 0.3 is 0 Å². The molecule has 0 saturated carbocycles. The molecule has 1 atom stereocenters. The number of fused-ring (bicyclic) bond motifs is 3. The van der Waals surface area contributed by atoms with Crippen LogP contribution in [0.5, 0.6) is 11.5 Å². The van der Waals surface area contributed by atoms with E-state index in [1.807, 2.05) is 12.1 Å². The molecule has 1 aliphatic heterocycles. The Morgan fingerprint density at radius 1 is 1.12 bits per heavy atom. The SMILES string of the molecule is CCCN1CCc2c([nH]c3ccccc23)C1c1ccc(OC)cc1OC. The summed E-state index contributed by atoms with van der Waals surface area (Å²) < 4.78 is 11.1. The van der Waals surface area contributed by atoms with E-state index < -0.39 is 0 Å². The molecule has 4 nitrogen and oxygen atoms in total. The Bertz CT molecular complexity index is 916. The van der Waals surface area contributed by atoms with Gasteiger partial charge in [-0.05, 0) is 43.1 Å². The Labute approximate surface area is 154 Å². The summed E-state index contributed by atoms with van der Waals surface area (Å²) in [6.45, 7) is 4.36. The van der Waals surface area contributed by atoms with Crippen LogP contribution in [0.15, 0.2) is 42.5 Å². The summed E-state index contributed by atoms with van der Waals surface area (Å²) in [6, 6.07) is 14.9. The molecule has 2 heterocycles. The third-order valence-corrected chi connectivity index (χ3v) is 5.38. The average molecular weight is 350 g/mol. The van der Waals surface area contributed by atoms with Crippen LogP contribution in [0.25, 0.3) is 10.9 Å². The fourth-order valence-corrected chi connectivity index (χ4v) is 4.22. The van der Waals surface area contributed by atoms with Crippen LogP contribution in [0.3, 0.4) is 0 Å². The molecule has 0 fully saturated rings. The number of nitrogens with zero attached hydrogens (tertiary/aromatic N) is 1. The van der Waals surface area contributed by atoms with Gasteiger partial charge in [-0.25, -0.2) is 0 Å². The third kappa shape index (κ3) is 2.74. The van der Waals surface area contributed by atoms with Crippen molar-refractivity contribution in [3.05, 3.63) is 59.3 Å². The van der Waals surface area contributed by atoms with E-state index in [9.17, 15) is 0 Å². The highest BCUT2D eigenvalue weighted by molar-refractivity contribution is 5.85. The lowest BCUT2D eigenvalue weighted by Crippen LogP contribution is -2.36. The largest absolute Gasteiger partial charge is 0.497 e. The van der Waals surface area contributed by atoms with Crippen molar-refractivity contribution in [3.8, 4) is 11.5 Å². The van der Waals surface area contributed by atoms with Crippen molar-refractivity contribution in [3.63, 3.8) is 0 Å². The number of methoxy groups -OCH3 is 2. The molecule has 2 aromatic carbocycles. The zero-order valence-corrected chi connectivity index (χ0v) is 15.7. The highest BCUT2D eigenvalue weighted by Gasteiger charge is 2.33. The van der Waals surface area contributed by atoms with Crippen LogP contribution >= 0.6 is 0 Å². The van der Waals surface area contributed by atoms with Gasteiger partial charge in [-0.15, -0.1) is 0 Å². The second-order valence-electron chi connectivity index (χ2n) is 6.86. The van der Waals surface area contributed by atoms with Crippen LogP contribution in [0.4, 0.5) is 0 Å². The molecule has 4 rings (SSSR count). The van der Waals surface area contributed by atoms with Gasteiger partial charge in [-0.2, -0.15) is 0 Å². The van der Waals surface area contributed by atoms with Gasteiger partial charge in [0.05, 0.1) is 20.3 Å². The van der Waals surface area contributed by atoms with Crippen LogP contribution in [0, 0.1) is 0 Å². The highest BCUT2D eigenvalue weighted by atomic mass is 16.5. The van der Waals surface area contributed by atoms with Crippen LogP contribution in [0.2, 0.25) is 0 Å². The Morgan fingerprint density at radius 2 is 1.96 bits per heavy atom. The number of hydrogen-bond donors (Lipinski definition) is 1. The van der Waals surface area contributed by atoms with E-state index in [-0.39, 0.29) is 6.04 Å². The molecule has 4 heteroatoms. The number of para-hydroxylation sites is 1. The lowest BCUT2D eigenvalue weighted by molar-refractivity contribution is 0.207. The molecule has 3 aromatic rings. The van der Waals surface area contributed by atoms with E-state index >= 15 is 0 Å². The van der Waals surface area contributed by atoms with Gasteiger partial charge in [0.15, 0.2) is 0 Å². The van der Waals surface area contributed by atoms with Gasteiger partial charge in [0.2, 0.25) is 0 Å². The zero-order chi connectivity index (χ0) is 18.1. The normalized spacial score (nSPS) is 17.3. The van der Waals surface area contributed by atoms with Crippen molar-refractivity contribution in [1.82, 2.24) is 9.88 Å². The molecule has 0 radical (unpaired) electrons. The van der Waals surface area contributed by atoms with Crippen molar-refractivity contribution in [2.24, 2.45) is 0 Å². The van der Waals surface area contributed by atoms with Crippen LogP contribution in [-0.2, 0) is 6.42 Å². The van der Waals surface area contributed by atoms with Gasteiger partial charge in [0.1, 0.15) is 11.5 Å². The summed E-state index contributed by atoms with van der Waals surface area (Å²) in [5.74, 6) is 1.70. The third-order valence-electron chi connectivity index (χ3n) is 5.38. The molecule has 0 aliphatic carbocycles. The van der Waals surface area contributed by atoms with E-state index in [1.54, 1.807) is 14.2 Å². The lowest BCUT2D eigenvalue weighted by Gasteiger charge is -2.36. The number of aromatic nitrogens is 1. The predicted molar refractivity (Wildman–Crippen MR) is 105 cm³/mol. The number of rotatable bonds is 5. The molecular formula is C22H26N2O2. The quantitative estimate of drug-likeness (QED) is 0.734. The number of ether oxygens (including phenoxy) is 2. The molecule has 136 valence electrons. The first-order chi connectivity index (χ1) is 12.8. The minimum absolute atomic E-state index is 0.173. The van der Waals surface area contributed by atoms with E-state index in [2.05, 4.69) is 47.1 Å². The fourth-order valence-electron chi connectivity index (χ4n) is 4.22. The molecule has 26 heavy (non-hydrogen) atoms. The standard InChI is InChI=1S/C22H26N2O2/c1-4-12-24-13-11-17-16-7-5-6-8-19(16)23-21(17)22(24)18-10-9-15(25-2)14-20(18)26-3/h5-10,14,22-23H,4,11-13H2,1-3H3. The van der Waals surface area contributed by atoms with Crippen molar-refractivity contribution >= 4 is 10.9 Å². The maximum Gasteiger partial charge on any atom is 0.127 e. The van der Waals surface area contributed by atoms with Gasteiger partial charge < -0.3 is 14.5 Å². The summed E-state index contributed by atoms with van der Waals surface area (Å²) in [4.78, 5) is 6.26. The number of H-pyrrole nitrogens is 1. The van der Waals surface area contributed by atoms with Gasteiger partial charge in [-0.1, -0.05) is 25.1 Å². The molecule has 0 saturated heterocycles. The van der Waals surface area contributed by atoms with Crippen LogP contribution < -0.4 is 9.47 Å². The molecule has 0 bridgehead atoms. The highest BCUT2D eigenvalue weighted by Crippen LogP contribution is 2.42. The van der Waals surface area contributed by atoms with Crippen molar-refractivity contribution < 1.29 is 9.47 Å². The first kappa shape index (κ1) is 17.0. The van der Waals surface area contributed by atoms with E-state index in [4.69, 9.17) is 9.47 Å². The first-order valence-electron chi connectivity index (χ1n) is 9.32. The van der Waals surface area contributed by atoms with E-state index in [1.165, 1.54) is 27.7 Å². The Morgan fingerprint density at radius 3 is 2.73 bits per heavy atom. The fraction of sp³-hybridized carbons (Fsp3) is 0.364. The van der Waals surface area contributed by atoms with E-state index in [0.717, 1.165) is 37.4 Å². The lowest BCUT2D eigenvalue weighted by atomic mass is 9.91. The van der Waals surface area contributed by atoms with Crippen molar-refractivity contribution in [1.29, 1.82) is 0 Å². The molecule has 0 spiro atoms. The van der Waals surface area contributed by atoms with Crippen LogP contribution in [-0.4, -0.2) is 37.2 Å². The smallest absolute Gasteiger partial charge is 0.127 e.